The van der Waals surface area contributed by atoms with Crippen LogP contribution in [0.5, 0.6) is 0 Å². The zero-order valence-electron chi connectivity index (χ0n) is 9.21. The molecule has 0 aliphatic carbocycles. The van der Waals surface area contributed by atoms with Crippen molar-refractivity contribution in [3.8, 4) is 0 Å². The summed E-state index contributed by atoms with van der Waals surface area (Å²) >= 11 is 0. The Morgan fingerprint density at radius 2 is 1.86 bits per heavy atom. The molecular formula is C10H19NO3. The molecule has 0 N–H and O–H groups in total. The topological polar surface area (TPSA) is 46.6 Å². The zero-order valence-corrected chi connectivity index (χ0v) is 9.21. The molecule has 0 saturated heterocycles. The van der Waals surface area contributed by atoms with E-state index >= 15 is 0 Å². The molecule has 82 valence electrons. The first-order valence-corrected chi connectivity index (χ1v) is 5.09. The molecule has 0 aromatic carbocycles. The van der Waals surface area contributed by atoms with Gasteiger partial charge < -0.3 is 9.64 Å². The number of carbonyl (C=O) groups is 2. The molecule has 14 heavy (non-hydrogen) atoms. The SMILES string of the molecule is CCOC(=O)CCN(CC)C(=O)CC. The molecule has 0 atom stereocenters. The monoisotopic (exact) mass is 201 g/mol. The van der Waals surface area contributed by atoms with Crippen molar-refractivity contribution >= 4 is 11.9 Å². The van der Waals surface area contributed by atoms with E-state index < -0.39 is 0 Å². The van der Waals surface area contributed by atoms with Gasteiger partial charge in [0.1, 0.15) is 0 Å². The van der Waals surface area contributed by atoms with Crippen LogP contribution in [0.4, 0.5) is 0 Å². The Morgan fingerprint density at radius 1 is 1.21 bits per heavy atom. The molecule has 0 aromatic heterocycles. The third-order valence-electron chi connectivity index (χ3n) is 1.93. The predicted octanol–water partition coefficient (Wildman–Crippen LogP) is 1.20. The Morgan fingerprint density at radius 3 is 2.29 bits per heavy atom. The molecular weight excluding hydrogens is 182 g/mol. The van der Waals surface area contributed by atoms with E-state index in [4.69, 9.17) is 4.74 Å². The van der Waals surface area contributed by atoms with Gasteiger partial charge in [-0.15, -0.1) is 0 Å². The van der Waals surface area contributed by atoms with Gasteiger partial charge in [-0.25, -0.2) is 0 Å². The van der Waals surface area contributed by atoms with E-state index in [0.29, 0.717) is 26.1 Å². The molecule has 0 aliphatic rings. The molecule has 0 unspecified atom stereocenters. The van der Waals surface area contributed by atoms with Gasteiger partial charge in [0.2, 0.25) is 5.91 Å². The van der Waals surface area contributed by atoms with E-state index in [-0.39, 0.29) is 18.3 Å². The van der Waals surface area contributed by atoms with Gasteiger partial charge in [-0.05, 0) is 13.8 Å². The first-order chi connectivity index (χ1) is 6.65. The summed E-state index contributed by atoms with van der Waals surface area (Å²) in [6, 6.07) is 0. The van der Waals surface area contributed by atoms with Crippen molar-refractivity contribution in [2.45, 2.75) is 33.6 Å². The standard InChI is InChI=1S/C10H19NO3/c1-4-9(12)11(5-2)8-7-10(13)14-6-3/h4-8H2,1-3H3. The van der Waals surface area contributed by atoms with Crippen LogP contribution < -0.4 is 0 Å². The molecule has 0 aliphatic heterocycles. The number of hydrogen-bond donors (Lipinski definition) is 0. The molecule has 0 bridgehead atoms. The lowest BCUT2D eigenvalue weighted by molar-refractivity contribution is -0.144. The molecule has 0 fully saturated rings. The van der Waals surface area contributed by atoms with E-state index in [9.17, 15) is 9.59 Å². The van der Waals surface area contributed by atoms with Crippen molar-refractivity contribution in [2.75, 3.05) is 19.7 Å². The van der Waals surface area contributed by atoms with Crippen molar-refractivity contribution in [1.82, 2.24) is 4.90 Å². The third-order valence-corrected chi connectivity index (χ3v) is 1.93. The van der Waals surface area contributed by atoms with Gasteiger partial charge in [0.15, 0.2) is 0 Å². The highest BCUT2D eigenvalue weighted by Gasteiger charge is 2.11. The summed E-state index contributed by atoms with van der Waals surface area (Å²) in [6.45, 7) is 6.99. The predicted molar refractivity (Wildman–Crippen MR) is 53.8 cm³/mol. The summed E-state index contributed by atoms with van der Waals surface area (Å²) in [5, 5.41) is 0. The van der Waals surface area contributed by atoms with Crippen LogP contribution in [0.3, 0.4) is 0 Å². The lowest BCUT2D eigenvalue weighted by atomic mass is 10.3. The molecule has 0 heterocycles. The Hall–Kier alpha value is -1.06. The fourth-order valence-corrected chi connectivity index (χ4v) is 1.14. The number of ether oxygens (including phenoxy) is 1. The summed E-state index contributed by atoms with van der Waals surface area (Å²) < 4.78 is 4.77. The number of carbonyl (C=O) groups excluding carboxylic acids is 2. The summed E-state index contributed by atoms with van der Waals surface area (Å²) in [6.07, 6.45) is 0.768. The second-order valence-corrected chi connectivity index (χ2v) is 2.88. The van der Waals surface area contributed by atoms with Crippen molar-refractivity contribution in [2.24, 2.45) is 0 Å². The van der Waals surface area contributed by atoms with Crippen molar-refractivity contribution < 1.29 is 14.3 Å². The summed E-state index contributed by atoms with van der Waals surface area (Å²) in [7, 11) is 0. The van der Waals surface area contributed by atoms with Crippen molar-refractivity contribution in [1.29, 1.82) is 0 Å². The number of esters is 1. The average molecular weight is 201 g/mol. The quantitative estimate of drug-likeness (QED) is 0.607. The molecule has 0 rings (SSSR count). The van der Waals surface area contributed by atoms with Gasteiger partial charge in [0.25, 0.3) is 0 Å². The van der Waals surface area contributed by atoms with Crippen LogP contribution in [0.2, 0.25) is 0 Å². The highest BCUT2D eigenvalue weighted by molar-refractivity contribution is 5.76. The van der Waals surface area contributed by atoms with Crippen LogP contribution in [-0.4, -0.2) is 36.5 Å². The Kier molecular flexibility index (Phi) is 6.80. The van der Waals surface area contributed by atoms with Crippen LogP contribution in [0.15, 0.2) is 0 Å². The fourth-order valence-electron chi connectivity index (χ4n) is 1.14. The summed E-state index contributed by atoms with van der Waals surface area (Å²) in [5.74, 6) is -0.161. The van der Waals surface area contributed by atoms with Gasteiger partial charge in [-0.3, -0.25) is 9.59 Å². The van der Waals surface area contributed by atoms with E-state index in [2.05, 4.69) is 0 Å². The fraction of sp³-hybridized carbons (Fsp3) is 0.800. The molecule has 0 aromatic rings. The first-order valence-electron chi connectivity index (χ1n) is 5.09. The minimum atomic E-state index is -0.241. The number of hydrogen-bond acceptors (Lipinski definition) is 3. The van der Waals surface area contributed by atoms with Crippen LogP contribution >= 0.6 is 0 Å². The summed E-state index contributed by atoms with van der Waals surface area (Å²) in [4.78, 5) is 24.0. The second kappa shape index (κ2) is 7.35. The van der Waals surface area contributed by atoms with Gasteiger partial charge in [-0.1, -0.05) is 6.92 Å². The van der Waals surface area contributed by atoms with E-state index in [0.717, 1.165) is 0 Å². The minimum absolute atomic E-state index is 0.0804. The molecule has 0 saturated carbocycles. The van der Waals surface area contributed by atoms with Gasteiger partial charge in [0.05, 0.1) is 13.0 Å². The third kappa shape index (κ3) is 4.84. The van der Waals surface area contributed by atoms with E-state index in [1.165, 1.54) is 0 Å². The first kappa shape index (κ1) is 12.9. The minimum Gasteiger partial charge on any atom is -0.466 e. The van der Waals surface area contributed by atoms with Gasteiger partial charge >= 0.3 is 5.97 Å². The maximum absolute atomic E-state index is 11.3. The smallest absolute Gasteiger partial charge is 0.307 e. The van der Waals surface area contributed by atoms with Crippen LogP contribution in [0.1, 0.15) is 33.6 Å². The van der Waals surface area contributed by atoms with Gasteiger partial charge in [-0.2, -0.15) is 0 Å². The van der Waals surface area contributed by atoms with Crippen LogP contribution in [-0.2, 0) is 14.3 Å². The second-order valence-electron chi connectivity index (χ2n) is 2.88. The highest BCUT2D eigenvalue weighted by atomic mass is 16.5. The van der Waals surface area contributed by atoms with Crippen LogP contribution in [0, 0.1) is 0 Å². The zero-order chi connectivity index (χ0) is 11.0. The van der Waals surface area contributed by atoms with Crippen LogP contribution in [0.25, 0.3) is 0 Å². The Bertz CT molecular complexity index is 192. The maximum atomic E-state index is 11.3. The molecule has 1 amide bonds. The molecule has 0 spiro atoms. The summed E-state index contributed by atoms with van der Waals surface area (Å²) in [5.41, 5.74) is 0. The highest BCUT2D eigenvalue weighted by Crippen LogP contribution is 1.97. The lowest BCUT2D eigenvalue weighted by Gasteiger charge is -2.19. The number of rotatable bonds is 6. The Balaban J connectivity index is 3.83. The lowest BCUT2D eigenvalue weighted by Crippen LogP contribution is -2.32. The van der Waals surface area contributed by atoms with E-state index in [1.807, 2.05) is 13.8 Å². The average Bonchev–Trinajstić information content (AvgIpc) is 2.18. The van der Waals surface area contributed by atoms with Crippen molar-refractivity contribution in [3.05, 3.63) is 0 Å². The number of amides is 1. The number of nitrogens with zero attached hydrogens (tertiary/aromatic N) is 1. The molecule has 4 nitrogen and oxygen atoms in total. The maximum Gasteiger partial charge on any atom is 0.307 e. The molecule has 4 heteroatoms. The largest absolute Gasteiger partial charge is 0.466 e. The van der Waals surface area contributed by atoms with Crippen molar-refractivity contribution in [3.63, 3.8) is 0 Å². The van der Waals surface area contributed by atoms with E-state index in [1.54, 1.807) is 11.8 Å². The molecule has 0 radical (unpaired) electrons. The van der Waals surface area contributed by atoms with Gasteiger partial charge in [0, 0.05) is 19.5 Å². The Labute approximate surface area is 85.2 Å². The normalized spacial score (nSPS) is 9.64.